The number of hydrogen-bond acceptors (Lipinski definition) is 4. The molecule has 0 spiro atoms. The van der Waals surface area contributed by atoms with Crippen molar-refractivity contribution in [1.29, 1.82) is 0 Å². The molecule has 2 fully saturated rings. The summed E-state index contributed by atoms with van der Waals surface area (Å²) in [6.07, 6.45) is 9.10. The highest BCUT2D eigenvalue weighted by molar-refractivity contribution is 5.75. The van der Waals surface area contributed by atoms with Gasteiger partial charge in [0.05, 0.1) is 5.41 Å². The fourth-order valence-electron chi connectivity index (χ4n) is 5.17. The number of carbonyl (C=O) groups excluding carboxylic acids is 2. The first-order chi connectivity index (χ1) is 11.3. The molecule has 3 rings (SSSR count). The molecule has 0 aliphatic heterocycles. The Hall–Kier alpha value is -1.16. The minimum atomic E-state index is -0.464. The number of fused-ring (bicyclic) bond motifs is 3. The largest absolute Gasteiger partial charge is 0.462 e. The highest BCUT2D eigenvalue weighted by Gasteiger charge is 2.51. The van der Waals surface area contributed by atoms with Gasteiger partial charge in [-0.3, -0.25) is 4.79 Å². The van der Waals surface area contributed by atoms with E-state index in [1.165, 1.54) is 0 Å². The molecule has 0 bridgehead atoms. The Morgan fingerprint density at radius 2 is 1.96 bits per heavy atom. The van der Waals surface area contributed by atoms with Gasteiger partial charge >= 0.3 is 5.97 Å². The first-order valence-corrected chi connectivity index (χ1v) is 9.30. The number of carbonyl (C=O) groups is 2. The number of allylic oxidation sites excluding steroid dienone is 2. The maximum Gasteiger partial charge on any atom is 0.311 e. The Kier molecular flexibility index (Phi) is 4.87. The summed E-state index contributed by atoms with van der Waals surface area (Å²) in [6, 6.07) is 0. The molecule has 4 nitrogen and oxygen atoms in total. The smallest absolute Gasteiger partial charge is 0.311 e. The predicted molar refractivity (Wildman–Crippen MR) is 91.0 cm³/mol. The van der Waals surface area contributed by atoms with Crippen LogP contribution in [0.4, 0.5) is 0 Å². The van der Waals surface area contributed by atoms with Crippen LogP contribution in [0, 0.1) is 40.9 Å². The summed E-state index contributed by atoms with van der Waals surface area (Å²) in [6.45, 7) is 5.81. The third kappa shape index (κ3) is 3.17. The van der Waals surface area contributed by atoms with E-state index in [-0.39, 0.29) is 30.5 Å². The zero-order chi connectivity index (χ0) is 17.5. The molecule has 0 amide bonds. The van der Waals surface area contributed by atoms with Gasteiger partial charge < -0.3 is 14.6 Å². The lowest BCUT2D eigenvalue weighted by molar-refractivity contribution is -0.158. The third-order valence-corrected chi connectivity index (χ3v) is 6.36. The Labute approximate surface area is 144 Å². The molecule has 0 saturated heterocycles. The molecule has 7 atom stereocenters. The predicted octanol–water partition coefficient (Wildman–Crippen LogP) is 2.99. The monoisotopic (exact) mass is 334 g/mol. The number of aliphatic hydroxyl groups excluding tert-OH is 1. The van der Waals surface area contributed by atoms with Gasteiger partial charge in [0.15, 0.2) is 0 Å². The molecule has 0 aromatic rings. The molecule has 2 saturated carbocycles. The van der Waals surface area contributed by atoms with E-state index in [1.54, 1.807) is 0 Å². The average molecular weight is 334 g/mol. The van der Waals surface area contributed by atoms with Crippen molar-refractivity contribution in [3.05, 3.63) is 12.2 Å². The normalized spacial score (nSPS) is 40.9. The standard InChI is InChI=1S/C20H30O4/c1-20(2,3)19(23)24-14-8-12-4-5-16-15(6-7-21)13(11-22)9-18(16)17(12)10-14/h4-5,11-18,21H,6-10H2,1-3H3/t12-,13-,14-,15-,16+,17-,18-/m1/s1. The second kappa shape index (κ2) is 6.62. The summed E-state index contributed by atoms with van der Waals surface area (Å²) in [7, 11) is 0. The number of ether oxygens (including phenoxy) is 1. The first-order valence-electron chi connectivity index (χ1n) is 9.30. The van der Waals surface area contributed by atoms with E-state index in [4.69, 9.17) is 4.74 Å². The molecule has 24 heavy (non-hydrogen) atoms. The summed E-state index contributed by atoms with van der Waals surface area (Å²) in [5, 5.41) is 9.34. The van der Waals surface area contributed by atoms with Crippen molar-refractivity contribution in [3.8, 4) is 0 Å². The number of aldehydes is 1. The van der Waals surface area contributed by atoms with Crippen molar-refractivity contribution in [2.75, 3.05) is 6.61 Å². The van der Waals surface area contributed by atoms with Gasteiger partial charge in [0.1, 0.15) is 12.4 Å². The second-order valence-electron chi connectivity index (χ2n) is 8.91. The molecule has 0 unspecified atom stereocenters. The van der Waals surface area contributed by atoms with E-state index in [9.17, 15) is 14.7 Å². The van der Waals surface area contributed by atoms with Gasteiger partial charge in [-0.05, 0) is 76.0 Å². The molecular weight excluding hydrogens is 304 g/mol. The van der Waals surface area contributed by atoms with Gasteiger partial charge in [-0.2, -0.15) is 0 Å². The van der Waals surface area contributed by atoms with E-state index < -0.39 is 5.41 Å². The van der Waals surface area contributed by atoms with Crippen molar-refractivity contribution in [1.82, 2.24) is 0 Å². The molecule has 4 heteroatoms. The third-order valence-electron chi connectivity index (χ3n) is 6.36. The van der Waals surface area contributed by atoms with Crippen LogP contribution >= 0.6 is 0 Å². The van der Waals surface area contributed by atoms with Crippen LogP contribution in [0.2, 0.25) is 0 Å². The number of esters is 1. The molecule has 3 aliphatic rings. The summed E-state index contributed by atoms with van der Waals surface area (Å²) in [4.78, 5) is 23.6. The lowest BCUT2D eigenvalue weighted by atomic mass is 9.71. The Bertz CT molecular complexity index is 518. The SMILES string of the molecule is CC(C)(C)C(=O)O[C@H]1C[C@H]2[C@@H]3C[C@H](C=O)[C@@H](CCO)[C@@H]3C=C[C@@H]2C1. The highest BCUT2D eigenvalue weighted by atomic mass is 16.5. The van der Waals surface area contributed by atoms with E-state index in [2.05, 4.69) is 12.2 Å². The quantitative estimate of drug-likeness (QED) is 0.488. The topological polar surface area (TPSA) is 63.6 Å². The van der Waals surface area contributed by atoms with Crippen LogP contribution < -0.4 is 0 Å². The Morgan fingerprint density at radius 3 is 2.58 bits per heavy atom. The number of hydrogen-bond donors (Lipinski definition) is 1. The summed E-state index contributed by atoms with van der Waals surface area (Å²) in [5.74, 6) is 2.06. The maximum absolute atomic E-state index is 12.2. The van der Waals surface area contributed by atoms with Crippen LogP contribution in [0.15, 0.2) is 12.2 Å². The van der Waals surface area contributed by atoms with Gasteiger partial charge in [-0.1, -0.05) is 12.2 Å². The molecule has 134 valence electrons. The Morgan fingerprint density at radius 1 is 1.21 bits per heavy atom. The molecule has 0 radical (unpaired) electrons. The van der Waals surface area contributed by atoms with Gasteiger partial charge in [0.2, 0.25) is 0 Å². The summed E-state index contributed by atoms with van der Waals surface area (Å²) >= 11 is 0. The van der Waals surface area contributed by atoms with Crippen LogP contribution in [-0.4, -0.2) is 30.1 Å². The fraction of sp³-hybridized carbons (Fsp3) is 0.800. The lowest BCUT2D eigenvalue weighted by Crippen LogP contribution is -2.28. The summed E-state index contributed by atoms with van der Waals surface area (Å²) in [5.41, 5.74) is -0.464. The first kappa shape index (κ1) is 17.7. The zero-order valence-corrected chi connectivity index (χ0v) is 15.0. The minimum absolute atomic E-state index is 0.00157. The van der Waals surface area contributed by atoms with Crippen molar-refractivity contribution in [2.45, 2.75) is 52.6 Å². The van der Waals surface area contributed by atoms with Crippen molar-refractivity contribution in [2.24, 2.45) is 40.9 Å². The van der Waals surface area contributed by atoms with E-state index in [0.29, 0.717) is 30.1 Å². The van der Waals surface area contributed by atoms with Gasteiger partial charge in [0, 0.05) is 12.5 Å². The van der Waals surface area contributed by atoms with Crippen molar-refractivity contribution >= 4 is 12.3 Å². The van der Waals surface area contributed by atoms with E-state index in [0.717, 1.165) is 25.5 Å². The molecular formula is C20H30O4. The van der Waals surface area contributed by atoms with E-state index in [1.807, 2.05) is 20.8 Å². The second-order valence-corrected chi connectivity index (χ2v) is 8.91. The molecule has 0 aromatic heterocycles. The minimum Gasteiger partial charge on any atom is -0.462 e. The highest BCUT2D eigenvalue weighted by Crippen LogP contribution is 2.55. The Balaban J connectivity index is 1.70. The van der Waals surface area contributed by atoms with Crippen molar-refractivity contribution < 1.29 is 19.4 Å². The average Bonchev–Trinajstić information content (AvgIpc) is 3.07. The van der Waals surface area contributed by atoms with E-state index >= 15 is 0 Å². The van der Waals surface area contributed by atoms with Crippen molar-refractivity contribution in [3.63, 3.8) is 0 Å². The molecule has 0 heterocycles. The van der Waals surface area contributed by atoms with Crippen LogP contribution in [0.1, 0.15) is 46.5 Å². The van der Waals surface area contributed by atoms with Crippen LogP contribution in [0.3, 0.4) is 0 Å². The molecule has 3 aliphatic carbocycles. The fourth-order valence-corrected chi connectivity index (χ4v) is 5.17. The van der Waals surface area contributed by atoms with Gasteiger partial charge in [-0.25, -0.2) is 0 Å². The van der Waals surface area contributed by atoms with Crippen LogP contribution in [0.5, 0.6) is 0 Å². The van der Waals surface area contributed by atoms with Crippen LogP contribution in [-0.2, 0) is 14.3 Å². The summed E-state index contributed by atoms with van der Waals surface area (Å²) < 4.78 is 5.76. The maximum atomic E-state index is 12.2. The molecule has 1 N–H and O–H groups in total. The lowest BCUT2D eigenvalue weighted by Gasteiger charge is -2.33. The number of aliphatic hydroxyl groups is 1. The van der Waals surface area contributed by atoms with Gasteiger partial charge in [0.25, 0.3) is 0 Å². The molecule has 0 aromatic carbocycles. The number of rotatable bonds is 4. The van der Waals surface area contributed by atoms with Gasteiger partial charge in [-0.15, -0.1) is 0 Å². The van der Waals surface area contributed by atoms with Crippen LogP contribution in [0.25, 0.3) is 0 Å². The zero-order valence-electron chi connectivity index (χ0n) is 15.0.